The molecular weight excluding hydrogens is 384 g/mol. The van der Waals surface area contributed by atoms with Gasteiger partial charge in [-0.2, -0.15) is 0 Å². The molecular formula is C16H20O12. The summed E-state index contributed by atoms with van der Waals surface area (Å²) >= 11 is 0. The van der Waals surface area contributed by atoms with Gasteiger partial charge in [0.05, 0.1) is 41.3 Å². The van der Waals surface area contributed by atoms with Gasteiger partial charge in [-0.3, -0.25) is 9.59 Å². The number of esters is 6. The van der Waals surface area contributed by atoms with Crippen LogP contribution < -0.4 is 0 Å². The Balaban J connectivity index is 4.92. The maximum Gasteiger partial charge on any atom is 0.347 e. The van der Waals surface area contributed by atoms with Gasteiger partial charge in [-0.25, -0.2) is 19.2 Å². The lowest BCUT2D eigenvalue weighted by atomic mass is 10.2. The third-order valence-electron chi connectivity index (χ3n) is 2.96. The summed E-state index contributed by atoms with van der Waals surface area (Å²) in [5.74, 6) is -6.07. The molecule has 12 heteroatoms. The van der Waals surface area contributed by atoms with Gasteiger partial charge in [0.1, 0.15) is 0 Å². The summed E-state index contributed by atoms with van der Waals surface area (Å²) in [6, 6.07) is 0. The molecule has 0 saturated heterocycles. The molecule has 0 aliphatic rings. The van der Waals surface area contributed by atoms with Crippen LogP contribution in [0.4, 0.5) is 0 Å². The maximum atomic E-state index is 11.7. The van der Waals surface area contributed by atoms with E-state index in [1.54, 1.807) is 0 Å². The highest BCUT2D eigenvalue weighted by molar-refractivity contribution is 5.94. The Kier molecular flexibility index (Phi) is 11.3. The van der Waals surface area contributed by atoms with Crippen molar-refractivity contribution in [2.24, 2.45) is 0 Å². The van der Waals surface area contributed by atoms with Crippen LogP contribution in [0.15, 0.2) is 12.2 Å². The third kappa shape index (κ3) is 9.31. The lowest BCUT2D eigenvalue weighted by molar-refractivity contribution is -0.168. The summed E-state index contributed by atoms with van der Waals surface area (Å²) in [6.45, 7) is 0. The molecule has 2 unspecified atom stereocenters. The molecule has 0 amide bonds. The smallest absolute Gasteiger partial charge is 0.347 e. The molecule has 0 saturated carbocycles. The molecule has 0 spiro atoms. The monoisotopic (exact) mass is 404 g/mol. The number of rotatable bonds is 10. The van der Waals surface area contributed by atoms with Crippen LogP contribution in [-0.4, -0.2) is 76.5 Å². The molecule has 0 aliphatic heterocycles. The minimum atomic E-state index is -1.59. The topological polar surface area (TPSA) is 158 Å². The standard InChI is InChI=1S/C16H20O12/c1-23-13(19)7-9(15(21)25-3)27-11(17)5-6-12(18)28-10(16(22)26-4)8-14(20)24-2/h5-6,9-10H,7-8H2,1-4H3/b6-5+. The molecule has 0 bridgehead atoms. The van der Waals surface area contributed by atoms with Crippen LogP contribution in [-0.2, 0) is 57.2 Å². The number of carbonyl (C=O) groups excluding carboxylic acids is 6. The fourth-order valence-corrected chi connectivity index (χ4v) is 1.57. The van der Waals surface area contributed by atoms with Gasteiger partial charge in [-0.1, -0.05) is 0 Å². The Morgan fingerprint density at radius 2 is 0.929 bits per heavy atom. The first-order valence-corrected chi connectivity index (χ1v) is 7.57. The predicted molar refractivity (Wildman–Crippen MR) is 86.2 cm³/mol. The van der Waals surface area contributed by atoms with Crippen molar-refractivity contribution in [2.45, 2.75) is 25.0 Å². The van der Waals surface area contributed by atoms with Gasteiger partial charge in [0, 0.05) is 12.2 Å². The summed E-state index contributed by atoms with van der Waals surface area (Å²) in [6.07, 6.45) is -3.21. The van der Waals surface area contributed by atoms with E-state index in [-0.39, 0.29) is 0 Å². The van der Waals surface area contributed by atoms with E-state index in [0.29, 0.717) is 12.2 Å². The highest BCUT2D eigenvalue weighted by Gasteiger charge is 2.28. The molecule has 0 heterocycles. The molecule has 156 valence electrons. The van der Waals surface area contributed by atoms with Crippen LogP contribution >= 0.6 is 0 Å². The second kappa shape index (κ2) is 12.8. The Hall–Kier alpha value is -3.44. The molecule has 0 fully saturated rings. The minimum absolute atomic E-state index is 0.585. The van der Waals surface area contributed by atoms with Crippen molar-refractivity contribution in [3.63, 3.8) is 0 Å². The predicted octanol–water partition coefficient (Wildman–Crippen LogP) is -1.16. The average Bonchev–Trinajstić information content (AvgIpc) is 2.69. The van der Waals surface area contributed by atoms with Crippen molar-refractivity contribution < 1.29 is 57.2 Å². The number of hydrogen-bond donors (Lipinski definition) is 0. The van der Waals surface area contributed by atoms with Gasteiger partial charge in [0.2, 0.25) is 12.2 Å². The lowest BCUT2D eigenvalue weighted by Gasteiger charge is -2.14. The quantitative estimate of drug-likeness (QED) is 0.245. The van der Waals surface area contributed by atoms with Gasteiger partial charge in [-0.05, 0) is 0 Å². The fraction of sp³-hybridized carbons (Fsp3) is 0.500. The number of hydrogen-bond acceptors (Lipinski definition) is 12. The van der Waals surface area contributed by atoms with Crippen LogP contribution in [0.2, 0.25) is 0 Å². The van der Waals surface area contributed by atoms with E-state index in [4.69, 9.17) is 9.47 Å². The first-order chi connectivity index (χ1) is 13.2. The van der Waals surface area contributed by atoms with Crippen LogP contribution in [0, 0.1) is 0 Å². The van der Waals surface area contributed by atoms with Gasteiger partial charge in [0.25, 0.3) is 0 Å². The Morgan fingerprint density at radius 1 is 0.607 bits per heavy atom. The molecule has 0 aromatic rings. The van der Waals surface area contributed by atoms with Crippen molar-refractivity contribution >= 4 is 35.8 Å². The molecule has 2 atom stereocenters. The van der Waals surface area contributed by atoms with Gasteiger partial charge in [-0.15, -0.1) is 0 Å². The van der Waals surface area contributed by atoms with E-state index < -0.39 is 60.9 Å². The van der Waals surface area contributed by atoms with Gasteiger partial charge < -0.3 is 28.4 Å². The third-order valence-corrected chi connectivity index (χ3v) is 2.96. The van der Waals surface area contributed by atoms with E-state index in [2.05, 4.69) is 18.9 Å². The second-order valence-electron chi connectivity index (χ2n) is 4.79. The first-order valence-electron chi connectivity index (χ1n) is 7.57. The normalized spacial score (nSPS) is 12.3. The van der Waals surface area contributed by atoms with E-state index >= 15 is 0 Å². The fourth-order valence-electron chi connectivity index (χ4n) is 1.57. The first kappa shape index (κ1) is 24.6. The Labute approximate surface area is 159 Å². The number of carbonyl (C=O) groups is 6. The van der Waals surface area contributed by atoms with Crippen molar-refractivity contribution in [2.75, 3.05) is 28.4 Å². The Bertz CT molecular complexity index is 582. The lowest BCUT2D eigenvalue weighted by Crippen LogP contribution is -2.31. The molecule has 0 aromatic carbocycles. The SMILES string of the molecule is COC(=O)CC(OC(=O)/C=C/C(=O)OC(CC(=O)OC)C(=O)OC)C(=O)OC. The molecule has 0 N–H and O–H groups in total. The van der Waals surface area contributed by atoms with E-state index in [1.165, 1.54) is 0 Å². The van der Waals surface area contributed by atoms with E-state index in [0.717, 1.165) is 28.4 Å². The zero-order valence-corrected chi connectivity index (χ0v) is 15.6. The summed E-state index contributed by atoms with van der Waals surface area (Å²) in [4.78, 5) is 68.9. The zero-order chi connectivity index (χ0) is 21.7. The number of ether oxygens (including phenoxy) is 6. The van der Waals surface area contributed by atoms with Crippen LogP contribution in [0.5, 0.6) is 0 Å². The summed E-state index contributed by atoms with van der Waals surface area (Å²) in [5, 5.41) is 0. The average molecular weight is 404 g/mol. The molecule has 12 nitrogen and oxygen atoms in total. The van der Waals surface area contributed by atoms with Crippen LogP contribution in [0.1, 0.15) is 12.8 Å². The molecule has 0 rings (SSSR count). The van der Waals surface area contributed by atoms with Crippen molar-refractivity contribution in [1.29, 1.82) is 0 Å². The van der Waals surface area contributed by atoms with Crippen LogP contribution in [0.25, 0.3) is 0 Å². The highest BCUT2D eigenvalue weighted by Crippen LogP contribution is 2.06. The van der Waals surface area contributed by atoms with E-state index in [1.807, 2.05) is 0 Å². The summed E-state index contributed by atoms with van der Waals surface area (Å²) < 4.78 is 26.9. The van der Waals surface area contributed by atoms with Crippen molar-refractivity contribution in [3.05, 3.63) is 12.2 Å². The van der Waals surface area contributed by atoms with Crippen LogP contribution in [0.3, 0.4) is 0 Å². The van der Waals surface area contributed by atoms with Gasteiger partial charge in [0.15, 0.2) is 0 Å². The molecule has 0 aliphatic carbocycles. The van der Waals surface area contributed by atoms with Crippen molar-refractivity contribution in [1.82, 2.24) is 0 Å². The maximum absolute atomic E-state index is 11.7. The van der Waals surface area contributed by atoms with Crippen molar-refractivity contribution in [3.8, 4) is 0 Å². The molecule has 0 aromatic heterocycles. The van der Waals surface area contributed by atoms with E-state index in [9.17, 15) is 28.8 Å². The zero-order valence-electron chi connectivity index (χ0n) is 15.6. The summed E-state index contributed by atoms with van der Waals surface area (Å²) in [7, 11) is 4.17. The largest absolute Gasteiger partial charge is 0.469 e. The van der Waals surface area contributed by atoms with Gasteiger partial charge >= 0.3 is 35.8 Å². The second-order valence-corrected chi connectivity index (χ2v) is 4.79. The molecule has 28 heavy (non-hydrogen) atoms. The minimum Gasteiger partial charge on any atom is -0.469 e. The highest BCUT2D eigenvalue weighted by atomic mass is 16.6. The summed E-state index contributed by atoms with van der Waals surface area (Å²) in [5.41, 5.74) is 0. The molecule has 0 radical (unpaired) electrons. The number of methoxy groups -OCH3 is 4. The Morgan fingerprint density at radius 3 is 1.18 bits per heavy atom.